The summed E-state index contributed by atoms with van der Waals surface area (Å²) in [5, 5.41) is 3.53. The van der Waals surface area contributed by atoms with Gasteiger partial charge in [0.2, 0.25) is 0 Å². The maximum atomic E-state index is 11.4. The molecule has 0 aromatic carbocycles. The molecular formula is C12H22N2O3. The lowest BCUT2D eigenvalue weighted by molar-refractivity contribution is 0.146. The normalized spacial score (nSPS) is 26.3. The van der Waals surface area contributed by atoms with Crippen molar-refractivity contribution >= 4 is 6.09 Å². The second-order valence-electron chi connectivity index (χ2n) is 4.74. The van der Waals surface area contributed by atoms with E-state index in [0.29, 0.717) is 18.6 Å². The SMILES string of the molecule is CCCNC(CN1CCOC1=O)C1CCOC1. The molecule has 0 radical (unpaired) electrons. The van der Waals surface area contributed by atoms with Crippen LogP contribution >= 0.6 is 0 Å². The van der Waals surface area contributed by atoms with Crippen LogP contribution < -0.4 is 5.32 Å². The molecule has 0 aromatic heterocycles. The lowest BCUT2D eigenvalue weighted by atomic mass is 9.98. The van der Waals surface area contributed by atoms with E-state index in [2.05, 4.69) is 12.2 Å². The highest BCUT2D eigenvalue weighted by Gasteiger charge is 2.30. The van der Waals surface area contributed by atoms with Crippen molar-refractivity contribution in [2.45, 2.75) is 25.8 Å². The van der Waals surface area contributed by atoms with Crippen LogP contribution in [0.5, 0.6) is 0 Å². The number of hydrogen-bond acceptors (Lipinski definition) is 4. The fourth-order valence-corrected chi connectivity index (χ4v) is 2.41. The van der Waals surface area contributed by atoms with Gasteiger partial charge < -0.3 is 19.7 Å². The Bertz CT molecular complexity index is 254. The average molecular weight is 242 g/mol. The van der Waals surface area contributed by atoms with Gasteiger partial charge in [0.15, 0.2) is 0 Å². The van der Waals surface area contributed by atoms with E-state index in [1.807, 2.05) is 0 Å². The predicted molar refractivity (Wildman–Crippen MR) is 63.9 cm³/mol. The van der Waals surface area contributed by atoms with Gasteiger partial charge >= 0.3 is 6.09 Å². The highest BCUT2D eigenvalue weighted by atomic mass is 16.6. The quantitative estimate of drug-likeness (QED) is 0.750. The number of hydrogen-bond donors (Lipinski definition) is 1. The lowest BCUT2D eigenvalue weighted by Gasteiger charge is -2.27. The van der Waals surface area contributed by atoms with Crippen LogP contribution in [-0.4, -0.2) is 56.5 Å². The number of carbonyl (C=O) groups is 1. The first-order valence-electron chi connectivity index (χ1n) is 6.54. The van der Waals surface area contributed by atoms with E-state index in [4.69, 9.17) is 9.47 Å². The fourth-order valence-electron chi connectivity index (χ4n) is 2.41. The predicted octanol–water partition coefficient (Wildman–Crippen LogP) is 0.843. The zero-order chi connectivity index (χ0) is 12.1. The number of rotatable bonds is 6. The molecule has 2 heterocycles. The highest BCUT2D eigenvalue weighted by Crippen LogP contribution is 2.18. The Morgan fingerprint density at radius 3 is 3.00 bits per heavy atom. The van der Waals surface area contributed by atoms with E-state index < -0.39 is 0 Å². The summed E-state index contributed by atoms with van der Waals surface area (Å²) in [5.41, 5.74) is 0. The van der Waals surface area contributed by atoms with E-state index in [9.17, 15) is 4.79 Å². The molecule has 2 atom stereocenters. The summed E-state index contributed by atoms with van der Waals surface area (Å²) in [5.74, 6) is 0.523. The van der Waals surface area contributed by atoms with E-state index in [-0.39, 0.29) is 6.09 Å². The molecule has 98 valence electrons. The maximum Gasteiger partial charge on any atom is 0.409 e. The number of carbonyl (C=O) groups excluding carboxylic acids is 1. The standard InChI is InChI=1S/C12H22N2O3/c1-2-4-13-11(10-3-6-16-9-10)8-14-5-7-17-12(14)15/h10-11,13H,2-9H2,1H3. The van der Waals surface area contributed by atoms with Gasteiger partial charge in [-0.15, -0.1) is 0 Å². The third kappa shape index (κ3) is 3.33. The average Bonchev–Trinajstić information content (AvgIpc) is 2.96. The van der Waals surface area contributed by atoms with E-state index in [1.54, 1.807) is 4.90 Å². The molecule has 0 aromatic rings. The summed E-state index contributed by atoms with van der Waals surface area (Å²) in [6.07, 6.45) is 2.02. The molecule has 0 bridgehead atoms. The topological polar surface area (TPSA) is 50.8 Å². The van der Waals surface area contributed by atoms with Gasteiger partial charge in [0.1, 0.15) is 6.61 Å². The van der Waals surface area contributed by atoms with Crippen LogP contribution in [0.25, 0.3) is 0 Å². The summed E-state index contributed by atoms with van der Waals surface area (Å²) in [6, 6.07) is 0.336. The van der Waals surface area contributed by atoms with Crippen molar-refractivity contribution < 1.29 is 14.3 Å². The molecule has 0 spiro atoms. The molecule has 1 N–H and O–H groups in total. The summed E-state index contributed by atoms with van der Waals surface area (Å²) in [6.45, 7) is 6.79. The smallest absolute Gasteiger partial charge is 0.409 e. The summed E-state index contributed by atoms with van der Waals surface area (Å²) < 4.78 is 10.4. The molecule has 2 aliphatic rings. The molecule has 2 rings (SSSR count). The molecule has 2 aliphatic heterocycles. The van der Waals surface area contributed by atoms with Gasteiger partial charge in [0.05, 0.1) is 13.2 Å². The first-order valence-corrected chi connectivity index (χ1v) is 6.54. The zero-order valence-electron chi connectivity index (χ0n) is 10.5. The Morgan fingerprint density at radius 2 is 2.41 bits per heavy atom. The molecular weight excluding hydrogens is 220 g/mol. The van der Waals surface area contributed by atoms with Crippen molar-refractivity contribution in [1.82, 2.24) is 10.2 Å². The van der Waals surface area contributed by atoms with E-state index in [1.165, 1.54) is 0 Å². The van der Waals surface area contributed by atoms with Crippen molar-refractivity contribution in [3.63, 3.8) is 0 Å². The van der Waals surface area contributed by atoms with Gasteiger partial charge in [-0.2, -0.15) is 0 Å². The Hall–Kier alpha value is -0.810. The Balaban J connectivity index is 1.87. The van der Waals surface area contributed by atoms with Crippen molar-refractivity contribution in [1.29, 1.82) is 0 Å². The third-order valence-electron chi connectivity index (χ3n) is 3.45. The van der Waals surface area contributed by atoms with Crippen molar-refractivity contribution in [3.8, 4) is 0 Å². The minimum absolute atomic E-state index is 0.174. The van der Waals surface area contributed by atoms with Crippen molar-refractivity contribution in [3.05, 3.63) is 0 Å². The third-order valence-corrected chi connectivity index (χ3v) is 3.45. The van der Waals surface area contributed by atoms with Crippen molar-refractivity contribution in [2.75, 3.05) is 39.5 Å². The molecule has 1 amide bonds. The molecule has 0 saturated carbocycles. The number of nitrogens with one attached hydrogen (secondary N) is 1. The van der Waals surface area contributed by atoms with Crippen LogP contribution in [0.4, 0.5) is 4.79 Å². The van der Waals surface area contributed by atoms with Gasteiger partial charge in [0.25, 0.3) is 0 Å². The molecule has 2 saturated heterocycles. The Kier molecular flexibility index (Phi) is 4.62. The Labute approximate surface area is 102 Å². The maximum absolute atomic E-state index is 11.4. The largest absolute Gasteiger partial charge is 0.448 e. The van der Waals surface area contributed by atoms with E-state index in [0.717, 1.165) is 45.7 Å². The highest BCUT2D eigenvalue weighted by molar-refractivity contribution is 5.69. The van der Waals surface area contributed by atoms with Crippen LogP contribution in [0.15, 0.2) is 0 Å². The molecule has 5 nitrogen and oxygen atoms in total. The van der Waals surface area contributed by atoms with Gasteiger partial charge in [-0.3, -0.25) is 0 Å². The molecule has 17 heavy (non-hydrogen) atoms. The Morgan fingerprint density at radius 1 is 1.53 bits per heavy atom. The number of nitrogens with zero attached hydrogens (tertiary/aromatic N) is 1. The molecule has 0 aliphatic carbocycles. The lowest BCUT2D eigenvalue weighted by Crippen LogP contribution is -2.46. The van der Waals surface area contributed by atoms with Gasteiger partial charge in [-0.1, -0.05) is 6.92 Å². The summed E-state index contributed by atoms with van der Waals surface area (Å²) >= 11 is 0. The van der Waals surface area contributed by atoms with Crippen LogP contribution in [0.2, 0.25) is 0 Å². The van der Waals surface area contributed by atoms with E-state index >= 15 is 0 Å². The van der Waals surface area contributed by atoms with Crippen LogP contribution in [-0.2, 0) is 9.47 Å². The number of amides is 1. The van der Waals surface area contributed by atoms with Crippen molar-refractivity contribution in [2.24, 2.45) is 5.92 Å². The minimum Gasteiger partial charge on any atom is -0.448 e. The molecule has 2 unspecified atom stereocenters. The molecule has 2 fully saturated rings. The second-order valence-corrected chi connectivity index (χ2v) is 4.74. The monoisotopic (exact) mass is 242 g/mol. The summed E-state index contributed by atoms with van der Waals surface area (Å²) in [4.78, 5) is 13.2. The van der Waals surface area contributed by atoms with Gasteiger partial charge in [0, 0.05) is 25.1 Å². The molecule has 5 heteroatoms. The van der Waals surface area contributed by atoms with Crippen LogP contribution in [0.1, 0.15) is 19.8 Å². The first kappa shape index (κ1) is 12.6. The fraction of sp³-hybridized carbons (Fsp3) is 0.917. The van der Waals surface area contributed by atoms with Gasteiger partial charge in [-0.05, 0) is 19.4 Å². The number of ether oxygens (including phenoxy) is 2. The van der Waals surface area contributed by atoms with Gasteiger partial charge in [-0.25, -0.2) is 4.79 Å². The second kappa shape index (κ2) is 6.21. The summed E-state index contributed by atoms with van der Waals surface area (Å²) in [7, 11) is 0. The number of cyclic esters (lactones) is 1. The first-order chi connectivity index (χ1) is 8.31. The zero-order valence-corrected chi connectivity index (χ0v) is 10.5. The van der Waals surface area contributed by atoms with Crippen LogP contribution in [0, 0.1) is 5.92 Å². The minimum atomic E-state index is -0.174. The van der Waals surface area contributed by atoms with Crippen LogP contribution in [0.3, 0.4) is 0 Å².